The third-order valence-electron chi connectivity index (χ3n) is 1.58. The van der Waals surface area contributed by atoms with E-state index in [1.165, 1.54) is 11.3 Å². The third kappa shape index (κ3) is 2.02. The van der Waals surface area contributed by atoms with Crippen LogP contribution in [-0.2, 0) is 6.42 Å². The van der Waals surface area contributed by atoms with Crippen LogP contribution < -0.4 is 0 Å². The van der Waals surface area contributed by atoms with Crippen molar-refractivity contribution in [2.24, 2.45) is 0 Å². The highest BCUT2D eigenvalue weighted by Crippen LogP contribution is 2.30. The Kier molecular flexibility index (Phi) is 2.95. The minimum Gasteiger partial charge on any atom is -0.420 e. The van der Waals surface area contributed by atoms with Crippen LogP contribution in [-0.4, -0.2) is 21.9 Å². The van der Waals surface area contributed by atoms with Gasteiger partial charge in [-0.15, -0.1) is 21.5 Å². The van der Waals surface area contributed by atoms with Crippen molar-refractivity contribution in [1.82, 2.24) is 10.2 Å². The van der Waals surface area contributed by atoms with Crippen LogP contribution in [0.3, 0.4) is 0 Å². The van der Waals surface area contributed by atoms with Crippen molar-refractivity contribution in [2.45, 2.75) is 6.42 Å². The van der Waals surface area contributed by atoms with E-state index < -0.39 is 0 Å². The normalized spacial score (nSPS) is 10.7. The van der Waals surface area contributed by atoms with Crippen molar-refractivity contribution >= 4 is 27.3 Å². The molecule has 0 atom stereocenters. The summed E-state index contributed by atoms with van der Waals surface area (Å²) in [7, 11) is 0. The lowest BCUT2D eigenvalue weighted by atomic mass is 10.4. The van der Waals surface area contributed by atoms with Crippen LogP contribution in [0.4, 0.5) is 0 Å². The molecule has 0 aliphatic heterocycles. The standard InChI is InChI=1S/C8H7BrN2O2S/c9-6-2-1-5(14-6)8-11-10-7(13-8)3-4-12/h1-2,12H,3-4H2. The lowest BCUT2D eigenvalue weighted by molar-refractivity contribution is 0.285. The van der Waals surface area contributed by atoms with E-state index in [1.54, 1.807) is 0 Å². The summed E-state index contributed by atoms with van der Waals surface area (Å²) in [5, 5.41) is 16.4. The minimum absolute atomic E-state index is 0.0236. The molecule has 0 fully saturated rings. The molecule has 1 N–H and O–H groups in total. The lowest BCUT2D eigenvalue weighted by Gasteiger charge is -1.86. The van der Waals surface area contributed by atoms with Crippen LogP contribution in [0.2, 0.25) is 0 Å². The summed E-state index contributed by atoms with van der Waals surface area (Å²) in [6.07, 6.45) is 0.402. The summed E-state index contributed by atoms with van der Waals surface area (Å²) in [4.78, 5) is 0.925. The summed E-state index contributed by atoms with van der Waals surface area (Å²) >= 11 is 4.89. The van der Waals surface area contributed by atoms with Gasteiger partial charge in [-0.2, -0.15) is 0 Å². The Labute approximate surface area is 92.7 Å². The predicted molar refractivity (Wildman–Crippen MR) is 56.1 cm³/mol. The Balaban J connectivity index is 2.24. The molecule has 0 aliphatic carbocycles. The molecule has 2 aromatic rings. The van der Waals surface area contributed by atoms with E-state index in [9.17, 15) is 0 Å². The smallest absolute Gasteiger partial charge is 0.257 e. The van der Waals surface area contributed by atoms with Crippen molar-refractivity contribution in [3.05, 3.63) is 21.8 Å². The average molecular weight is 275 g/mol. The largest absolute Gasteiger partial charge is 0.420 e. The molecule has 0 radical (unpaired) electrons. The Morgan fingerprint density at radius 2 is 2.29 bits per heavy atom. The van der Waals surface area contributed by atoms with Gasteiger partial charge in [0.15, 0.2) is 0 Å². The van der Waals surface area contributed by atoms with Gasteiger partial charge in [0.25, 0.3) is 5.89 Å². The van der Waals surface area contributed by atoms with Crippen molar-refractivity contribution in [1.29, 1.82) is 0 Å². The van der Waals surface area contributed by atoms with Gasteiger partial charge in [-0.05, 0) is 28.1 Å². The van der Waals surface area contributed by atoms with Crippen LogP contribution >= 0.6 is 27.3 Å². The topological polar surface area (TPSA) is 59.2 Å². The maximum absolute atomic E-state index is 8.67. The number of aliphatic hydroxyl groups excluding tert-OH is 1. The SMILES string of the molecule is OCCc1nnc(-c2ccc(Br)s2)o1. The Bertz CT molecular complexity index is 426. The first-order valence-corrected chi connectivity index (χ1v) is 5.59. The van der Waals surface area contributed by atoms with Gasteiger partial charge in [0.05, 0.1) is 15.3 Å². The molecule has 0 aromatic carbocycles. The molecule has 0 unspecified atom stereocenters. The Morgan fingerprint density at radius 1 is 1.43 bits per heavy atom. The average Bonchev–Trinajstić information content (AvgIpc) is 2.74. The zero-order valence-electron chi connectivity index (χ0n) is 7.11. The van der Waals surface area contributed by atoms with E-state index >= 15 is 0 Å². The van der Waals surface area contributed by atoms with E-state index in [4.69, 9.17) is 9.52 Å². The molecule has 0 spiro atoms. The van der Waals surface area contributed by atoms with Gasteiger partial charge in [0, 0.05) is 6.42 Å². The van der Waals surface area contributed by atoms with Crippen molar-refractivity contribution in [2.75, 3.05) is 6.61 Å². The van der Waals surface area contributed by atoms with Crippen molar-refractivity contribution in [3.63, 3.8) is 0 Å². The van der Waals surface area contributed by atoms with E-state index in [0.717, 1.165) is 8.66 Å². The van der Waals surface area contributed by atoms with Gasteiger partial charge in [-0.3, -0.25) is 0 Å². The molecule has 0 bridgehead atoms. The molecule has 0 saturated heterocycles. The van der Waals surface area contributed by atoms with Crippen LogP contribution in [0.25, 0.3) is 10.8 Å². The van der Waals surface area contributed by atoms with Crippen LogP contribution in [0.15, 0.2) is 20.3 Å². The second kappa shape index (κ2) is 4.20. The van der Waals surface area contributed by atoms with Crippen molar-refractivity contribution in [3.8, 4) is 10.8 Å². The summed E-state index contributed by atoms with van der Waals surface area (Å²) in [6, 6.07) is 3.83. The highest BCUT2D eigenvalue weighted by atomic mass is 79.9. The number of nitrogens with zero attached hydrogens (tertiary/aromatic N) is 2. The number of hydrogen-bond acceptors (Lipinski definition) is 5. The molecule has 0 aliphatic rings. The summed E-state index contributed by atoms with van der Waals surface area (Å²) in [5.74, 6) is 0.969. The highest BCUT2D eigenvalue weighted by molar-refractivity contribution is 9.11. The fourth-order valence-corrected chi connectivity index (χ4v) is 2.29. The second-order valence-electron chi connectivity index (χ2n) is 2.58. The molecule has 2 rings (SSSR count). The van der Waals surface area contributed by atoms with Gasteiger partial charge >= 0.3 is 0 Å². The Hall–Kier alpha value is -0.720. The van der Waals surface area contributed by atoms with Crippen LogP contribution in [0.5, 0.6) is 0 Å². The third-order valence-corrected chi connectivity index (χ3v) is 3.19. The molecule has 2 aromatic heterocycles. The molecule has 0 amide bonds. The van der Waals surface area contributed by atoms with Crippen LogP contribution in [0.1, 0.15) is 5.89 Å². The van der Waals surface area contributed by atoms with E-state index in [2.05, 4.69) is 26.1 Å². The number of thiophene rings is 1. The van der Waals surface area contributed by atoms with Gasteiger partial charge < -0.3 is 9.52 Å². The fraction of sp³-hybridized carbons (Fsp3) is 0.250. The molecular weight excluding hydrogens is 268 g/mol. The predicted octanol–water partition coefficient (Wildman–Crippen LogP) is 2.10. The molecule has 14 heavy (non-hydrogen) atoms. The molecule has 74 valence electrons. The number of halogens is 1. The fourth-order valence-electron chi connectivity index (χ4n) is 0.979. The van der Waals surface area contributed by atoms with E-state index in [0.29, 0.717) is 18.2 Å². The quantitative estimate of drug-likeness (QED) is 0.931. The Morgan fingerprint density at radius 3 is 2.93 bits per heavy atom. The maximum Gasteiger partial charge on any atom is 0.257 e. The summed E-state index contributed by atoms with van der Waals surface area (Å²) in [6.45, 7) is 0.0236. The molecule has 4 nitrogen and oxygen atoms in total. The number of aromatic nitrogens is 2. The molecular formula is C8H7BrN2O2S. The number of hydrogen-bond donors (Lipinski definition) is 1. The first-order chi connectivity index (χ1) is 6.79. The van der Waals surface area contributed by atoms with Gasteiger partial charge in [-0.1, -0.05) is 0 Å². The second-order valence-corrected chi connectivity index (χ2v) is 5.04. The first kappa shape index (κ1) is 9.82. The zero-order valence-corrected chi connectivity index (χ0v) is 9.51. The first-order valence-electron chi connectivity index (χ1n) is 3.98. The monoisotopic (exact) mass is 274 g/mol. The summed E-state index contributed by atoms with van der Waals surface area (Å²) in [5.41, 5.74) is 0. The van der Waals surface area contributed by atoms with Gasteiger partial charge in [0.1, 0.15) is 0 Å². The number of aliphatic hydroxyl groups is 1. The van der Waals surface area contributed by atoms with Gasteiger partial charge in [-0.25, -0.2) is 0 Å². The number of rotatable bonds is 3. The molecule has 6 heteroatoms. The van der Waals surface area contributed by atoms with E-state index in [1.807, 2.05) is 12.1 Å². The molecule has 2 heterocycles. The zero-order chi connectivity index (χ0) is 9.97. The highest BCUT2D eigenvalue weighted by Gasteiger charge is 2.09. The van der Waals surface area contributed by atoms with Gasteiger partial charge in [0.2, 0.25) is 5.89 Å². The summed E-state index contributed by atoms with van der Waals surface area (Å²) < 4.78 is 6.35. The maximum atomic E-state index is 8.67. The van der Waals surface area contributed by atoms with E-state index in [-0.39, 0.29) is 6.61 Å². The minimum atomic E-state index is 0.0236. The lowest BCUT2D eigenvalue weighted by Crippen LogP contribution is -1.89. The van der Waals surface area contributed by atoms with Crippen LogP contribution in [0, 0.1) is 0 Å². The molecule has 0 saturated carbocycles. The van der Waals surface area contributed by atoms with Crippen molar-refractivity contribution < 1.29 is 9.52 Å².